The molecule has 0 saturated carbocycles. The molecule has 26 heavy (non-hydrogen) atoms. The number of hydrogen-bond acceptors (Lipinski definition) is 4. The number of carbonyl (C=O) groups excluding carboxylic acids is 2. The molecule has 132 valence electrons. The van der Waals surface area contributed by atoms with Crippen molar-refractivity contribution in [2.24, 2.45) is 0 Å². The summed E-state index contributed by atoms with van der Waals surface area (Å²) in [6, 6.07) is 15.1. The highest BCUT2D eigenvalue weighted by molar-refractivity contribution is 6.11. The van der Waals surface area contributed by atoms with E-state index in [1.807, 2.05) is 50.2 Å². The van der Waals surface area contributed by atoms with Crippen LogP contribution in [0.3, 0.4) is 0 Å². The number of benzene rings is 2. The highest BCUT2D eigenvalue weighted by atomic mass is 16.5. The molecule has 0 aliphatic rings. The number of aryl methyl sites for hydroxylation is 2. The summed E-state index contributed by atoms with van der Waals surface area (Å²) in [5.74, 6) is -0.430. The molecular weight excluding hydrogens is 326 g/mol. The molecule has 0 saturated heterocycles. The second-order valence-electron chi connectivity index (χ2n) is 6.47. The van der Waals surface area contributed by atoms with E-state index < -0.39 is 6.10 Å². The van der Waals surface area contributed by atoms with Gasteiger partial charge in [-0.2, -0.15) is 0 Å². The molecule has 1 aromatic heterocycles. The largest absolute Gasteiger partial charge is 0.458 e. The first-order valence-electron chi connectivity index (χ1n) is 8.55. The Morgan fingerprint density at radius 1 is 1.04 bits per heavy atom. The first-order valence-corrected chi connectivity index (χ1v) is 8.55. The third-order valence-electron chi connectivity index (χ3n) is 4.48. The monoisotopic (exact) mass is 347 g/mol. The fourth-order valence-electron chi connectivity index (χ4n) is 3.13. The summed E-state index contributed by atoms with van der Waals surface area (Å²) in [7, 11) is 0. The molecule has 1 unspecified atom stereocenters. The van der Waals surface area contributed by atoms with Crippen LogP contribution in [0.4, 0.5) is 0 Å². The van der Waals surface area contributed by atoms with Crippen LogP contribution in [0.1, 0.15) is 52.7 Å². The van der Waals surface area contributed by atoms with Crippen LogP contribution in [0, 0.1) is 13.8 Å². The number of hydrogen-bond donors (Lipinski definition) is 0. The lowest BCUT2D eigenvalue weighted by molar-refractivity contribution is -0.145. The van der Waals surface area contributed by atoms with Gasteiger partial charge in [0, 0.05) is 29.1 Å². The van der Waals surface area contributed by atoms with E-state index in [2.05, 4.69) is 4.98 Å². The van der Waals surface area contributed by atoms with E-state index in [-0.39, 0.29) is 11.8 Å². The van der Waals surface area contributed by atoms with E-state index in [9.17, 15) is 9.59 Å². The number of ether oxygens (including phenoxy) is 1. The zero-order valence-electron chi connectivity index (χ0n) is 15.4. The van der Waals surface area contributed by atoms with Gasteiger partial charge in [0.15, 0.2) is 5.78 Å². The minimum absolute atomic E-state index is 0.0861. The number of aromatic nitrogens is 1. The van der Waals surface area contributed by atoms with E-state index in [1.54, 1.807) is 19.1 Å². The molecule has 1 heterocycles. The van der Waals surface area contributed by atoms with E-state index in [4.69, 9.17) is 4.74 Å². The molecule has 0 aliphatic carbocycles. The Kier molecular flexibility index (Phi) is 4.85. The standard InChI is InChI=1S/C22H21NO3/c1-13-9-10-18(12-19(13)15(3)26-16(4)24)22(25)20-11-17-7-5-6-8-21(17)23-14(20)2/h5-12,15H,1-4H3. The van der Waals surface area contributed by atoms with Gasteiger partial charge < -0.3 is 4.74 Å². The van der Waals surface area contributed by atoms with Crippen LogP contribution in [0.5, 0.6) is 0 Å². The highest BCUT2D eigenvalue weighted by Gasteiger charge is 2.18. The molecule has 0 radical (unpaired) electrons. The number of carbonyl (C=O) groups is 2. The summed E-state index contributed by atoms with van der Waals surface area (Å²) in [4.78, 5) is 28.9. The maximum absolute atomic E-state index is 13.1. The minimum atomic E-state index is -0.406. The number of pyridine rings is 1. The van der Waals surface area contributed by atoms with E-state index in [0.717, 1.165) is 22.0 Å². The first kappa shape index (κ1) is 17.8. The van der Waals surface area contributed by atoms with Gasteiger partial charge in [-0.25, -0.2) is 0 Å². The predicted molar refractivity (Wildman–Crippen MR) is 101 cm³/mol. The van der Waals surface area contributed by atoms with Crippen molar-refractivity contribution in [1.82, 2.24) is 4.98 Å². The molecule has 4 nitrogen and oxygen atoms in total. The van der Waals surface area contributed by atoms with E-state index in [1.165, 1.54) is 6.92 Å². The second-order valence-corrected chi connectivity index (χ2v) is 6.47. The lowest BCUT2D eigenvalue weighted by atomic mass is 9.95. The molecular formula is C22H21NO3. The molecule has 0 bridgehead atoms. The Morgan fingerprint density at radius 3 is 2.50 bits per heavy atom. The van der Waals surface area contributed by atoms with Gasteiger partial charge in [0.05, 0.1) is 5.52 Å². The molecule has 4 heteroatoms. The van der Waals surface area contributed by atoms with Crippen LogP contribution < -0.4 is 0 Å². The number of ketones is 1. The van der Waals surface area contributed by atoms with Gasteiger partial charge in [-0.15, -0.1) is 0 Å². The van der Waals surface area contributed by atoms with Gasteiger partial charge in [-0.1, -0.05) is 30.3 Å². The SMILES string of the molecule is CC(=O)OC(C)c1cc(C(=O)c2cc3ccccc3nc2C)ccc1C. The van der Waals surface area contributed by atoms with Crippen LogP contribution in [0.25, 0.3) is 10.9 Å². The zero-order valence-corrected chi connectivity index (χ0v) is 15.4. The van der Waals surface area contributed by atoms with Crippen LogP contribution in [0.15, 0.2) is 48.5 Å². The molecule has 0 amide bonds. The third kappa shape index (κ3) is 3.49. The molecule has 0 aliphatic heterocycles. The van der Waals surface area contributed by atoms with E-state index in [0.29, 0.717) is 16.8 Å². The molecule has 0 N–H and O–H groups in total. The average molecular weight is 347 g/mol. The Hall–Kier alpha value is -3.01. The Morgan fingerprint density at radius 2 is 1.77 bits per heavy atom. The van der Waals surface area contributed by atoms with Crippen molar-refractivity contribution >= 4 is 22.7 Å². The van der Waals surface area contributed by atoms with Crippen molar-refractivity contribution < 1.29 is 14.3 Å². The van der Waals surface area contributed by atoms with E-state index >= 15 is 0 Å². The quantitative estimate of drug-likeness (QED) is 0.507. The number of nitrogens with zero attached hydrogens (tertiary/aromatic N) is 1. The summed E-state index contributed by atoms with van der Waals surface area (Å²) in [6.45, 7) is 6.97. The first-order chi connectivity index (χ1) is 12.4. The van der Waals surface area contributed by atoms with Crippen molar-refractivity contribution in [3.05, 3.63) is 76.5 Å². The fourth-order valence-corrected chi connectivity index (χ4v) is 3.13. The topological polar surface area (TPSA) is 56.3 Å². The summed E-state index contributed by atoms with van der Waals surface area (Å²) in [6.07, 6.45) is -0.406. The van der Waals surface area contributed by atoms with Crippen LogP contribution in [0.2, 0.25) is 0 Å². The van der Waals surface area contributed by atoms with Crippen LogP contribution >= 0.6 is 0 Å². The molecule has 0 fully saturated rings. The van der Waals surface area contributed by atoms with Crippen molar-refractivity contribution in [1.29, 1.82) is 0 Å². The molecule has 1 atom stereocenters. The lowest BCUT2D eigenvalue weighted by Gasteiger charge is -2.16. The summed E-state index contributed by atoms with van der Waals surface area (Å²) in [5.41, 5.74) is 4.52. The summed E-state index contributed by atoms with van der Waals surface area (Å²) < 4.78 is 5.28. The summed E-state index contributed by atoms with van der Waals surface area (Å²) in [5, 5.41) is 0.932. The Balaban J connectivity index is 2.03. The lowest BCUT2D eigenvalue weighted by Crippen LogP contribution is -2.10. The highest BCUT2D eigenvalue weighted by Crippen LogP contribution is 2.25. The van der Waals surface area contributed by atoms with Gasteiger partial charge in [-0.3, -0.25) is 14.6 Å². The predicted octanol–water partition coefficient (Wildman–Crippen LogP) is 4.71. The molecule has 3 aromatic rings. The van der Waals surface area contributed by atoms with Gasteiger partial charge in [0.25, 0.3) is 0 Å². The number of fused-ring (bicyclic) bond motifs is 1. The third-order valence-corrected chi connectivity index (χ3v) is 4.48. The number of esters is 1. The normalized spacial score (nSPS) is 12.0. The Labute approximate surface area is 152 Å². The zero-order chi connectivity index (χ0) is 18.8. The number of rotatable bonds is 4. The van der Waals surface area contributed by atoms with Gasteiger partial charge >= 0.3 is 5.97 Å². The van der Waals surface area contributed by atoms with Crippen molar-refractivity contribution in [3.63, 3.8) is 0 Å². The average Bonchev–Trinajstić information content (AvgIpc) is 2.60. The van der Waals surface area contributed by atoms with Crippen molar-refractivity contribution in [3.8, 4) is 0 Å². The molecule has 0 spiro atoms. The minimum Gasteiger partial charge on any atom is -0.458 e. The van der Waals surface area contributed by atoms with Crippen molar-refractivity contribution in [2.45, 2.75) is 33.8 Å². The Bertz CT molecular complexity index is 1010. The van der Waals surface area contributed by atoms with Gasteiger partial charge in [0.2, 0.25) is 0 Å². The van der Waals surface area contributed by atoms with Crippen LogP contribution in [-0.4, -0.2) is 16.7 Å². The van der Waals surface area contributed by atoms with Gasteiger partial charge in [-0.05, 0) is 50.1 Å². The fraction of sp³-hybridized carbons (Fsp3) is 0.227. The molecule has 3 rings (SSSR count). The van der Waals surface area contributed by atoms with Crippen molar-refractivity contribution in [2.75, 3.05) is 0 Å². The smallest absolute Gasteiger partial charge is 0.303 e. The van der Waals surface area contributed by atoms with Gasteiger partial charge in [0.1, 0.15) is 6.10 Å². The second kappa shape index (κ2) is 7.08. The number of para-hydroxylation sites is 1. The maximum Gasteiger partial charge on any atom is 0.303 e. The molecule has 2 aromatic carbocycles. The maximum atomic E-state index is 13.1. The summed E-state index contributed by atoms with van der Waals surface area (Å²) >= 11 is 0. The van der Waals surface area contributed by atoms with Crippen LogP contribution in [-0.2, 0) is 9.53 Å².